The molecule has 1 aliphatic rings. The first-order chi connectivity index (χ1) is 16.9. The van der Waals surface area contributed by atoms with E-state index in [1.165, 1.54) is 36.2 Å². The van der Waals surface area contributed by atoms with Crippen LogP contribution in [0, 0.1) is 0 Å². The Kier molecular flexibility index (Phi) is 7.73. The molecule has 8 heteroatoms. The van der Waals surface area contributed by atoms with Gasteiger partial charge in [0.2, 0.25) is 0 Å². The summed E-state index contributed by atoms with van der Waals surface area (Å²) in [6, 6.07) is 23.3. The second-order valence-corrected chi connectivity index (χ2v) is 10.5. The number of nitrogens with zero attached hydrogens (tertiary/aromatic N) is 2. The predicted octanol–water partition coefficient (Wildman–Crippen LogP) is 4.09. The fourth-order valence-electron chi connectivity index (χ4n) is 4.43. The summed E-state index contributed by atoms with van der Waals surface area (Å²) < 4.78 is 32.8. The first kappa shape index (κ1) is 24.8. The summed E-state index contributed by atoms with van der Waals surface area (Å²) >= 11 is 0. The number of carbonyl (C=O) groups is 1. The van der Waals surface area contributed by atoms with Crippen molar-refractivity contribution < 1.29 is 17.9 Å². The Balaban J connectivity index is 1.46. The average Bonchev–Trinajstić information content (AvgIpc) is 3.43. The molecular formula is C27H31N3O4S. The van der Waals surface area contributed by atoms with Gasteiger partial charge in [-0.3, -0.25) is 14.0 Å². The molecule has 1 atom stereocenters. The molecular weight excluding hydrogens is 462 g/mol. The van der Waals surface area contributed by atoms with Gasteiger partial charge in [0.15, 0.2) is 0 Å². The van der Waals surface area contributed by atoms with Crippen molar-refractivity contribution in [1.29, 1.82) is 0 Å². The summed E-state index contributed by atoms with van der Waals surface area (Å²) in [7, 11) is -0.844. The van der Waals surface area contributed by atoms with Crippen LogP contribution < -0.4 is 14.4 Å². The summed E-state index contributed by atoms with van der Waals surface area (Å²) in [6.07, 6.45) is 2.33. The number of ether oxygens (including phenoxy) is 1. The number of hydrogen-bond donors (Lipinski definition) is 1. The Morgan fingerprint density at radius 2 is 1.60 bits per heavy atom. The van der Waals surface area contributed by atoms with Crippen LogP contribution in [0.25, 0.3) is 0 Å². The number of nitrogens with one attached hydrogen (secondary N) is 1. The largest absolute Gasteiger partial charge is 0.495 e. The van der Waals surface area contributed by atoms with Crippen molar-refractivity contribution >= 4 is 21.6 Å². The van der Waals surface area contributed by atoms with E-state index in [4.69, 9.17) is 4.74 Å². The van der Waals surface area contributed by atoms with Gasteiger partial charge in [0, 0.05) is 19.2 Å². The lowest BCUT2D eigenvalue weighted by molar-refractivity contribution is 0.0938. The van der Waals surface area contributed by atoms with Crippen LogP contribution in [0.2, 0.25) is 0 Å². The molecule has 4 rings (SSSR count). The van der Waals surface area contributed by atoms with Crippen molar-refractivity contribution in [1.82, 2.24) is 10.2 Å². The quantitative estimate of drug-likeness (QED) is 0.486. The lowest BCUT2D eigenvalue weighted by atomic mass is 10.1. The standard InChI is InChI=1S/C27H31N3O4S/c1-29(24-12-6-7-13-26(24)34-2)35(32,33)23-16-14-22(15-17-23)27(31)28-20-25(30-18-8-9-19-30)21-10-4-3-5-11-21/h3-7,10-17,25H,8-9,18-20H2,1-2H3,(H,28,31)/t25-/m1/s1. The monoisotopic (exact) mass is 493 g/mol. The first-order valence-corrected chi connectivity index (χ1v) is 13.1. The van der Waals surface area contributed by atoms with E-state index >= 15 is 0 Å². The molecule has 0 spiro atoms. The van der Waals surface area contributed by atoms with Crippen LogP contribution >= 0.6 is 0 Å². The molecule has 1 N–H and O–H groups in total. The smallest absolute Gasteiger partial charge is 0.264 e. The van der Waals surface area contributed by atoms with E-state index < -0.39 is 10.0 Å². The minimum Gasteiger partial charge on any atom is -0.495 e. The van der Waals surface area contributed by atoms with Crippen molar-refractivity contribution in [2.45, 2.75) is 23.8 Å². The molecule has 184 valence electrons. The molecule has 35 heavy (non-hydrogen) atoms. The fourth-order valence-corrected chi connectivity index (χ4v) is 5.64. The van der Waals surface area contributed by atoms with E-state index in [9.17, 15) is 13.2 Å². The molecule has 0 saturated carbocycles. The molecule has 1 saturated heterocycles. The minimum absolute atomic E-state index is 0.0988. The lowest BCUT2D eigenvalue weighted by Crippen LogP contribution is -2.36. The highest BCUT2D eigenvalue weighted by Crippen LogP contribution is 2.31. The maximum absolute atomic E-state index is 13.2. The van der Waals surface area contributed by atoms with Gasteiger partial charge in [0.25, 0.3) is 15.9 Å². The molecule has 0 radical (unpaired) electrons. The average molecular weight is 494 g/mol. The molecule has 0 bridgehead atoms. The highest BCUT2D eigenvalue weighted by molar-refractivity contribution is 7.92. The van der Waals surface area contributed by atoms with Crippen LogP contribution in [-0.4, -0.2) is 53.0 Å². The van der Waals surface area contributed by atoms with Crippen LogP contribution in [0.15, 0.2) is 83.8 Å². The van der Waals surface area contributed by atoms with Gasteiger partial charge in [-0.25, -0.2) is 8.42 Å². The van der Waals surface area contributed by atoms with Gasteiger partial charge in [0.05, 0.1) is 23.7 Å². The SMILES string of the molecule is COc1ccccc1N(C)S(=O)(=O)c1ccc(C(=O)NC[C@H](c2ccccc2)N2CCCC2)cc1. The number of rotatable bonds is 9. The predicted molar refractivity (Wildman–Crippen MR) is 137 cm³/mol. The van der Waals surface area contributed by atoms with Crippen molar-refractivity contribution in [2.24, 2.45) is 0 Å². The maximum atomic E-state index is 13.2. The Labute approximate surface area is 207 Å². The van der Waals surface area contributed by atoms with Crippen LogP contribution in [0.5, 0.6) is 5.75 Å². The van der Waals surface area contributed by atoms with Crippen molar-refractivity contribution in [2.75, 3.05) is 38.1 Å². The number of sulfonamides is 1. The number of likely N-dealkylation sites (tertiary alicyclic amines) is 1. The highest BCUT2D eigenvalue weighted by Gasteiger charge is 2.25. The summed E-state index contributed by atoms with van der Waals surface area (Å²) in [5.74, 6) is 0.229. The van der Waals surface area contributed by atoms with Gasteiger partial charge >= 0.3 is 0 Å². The van der Waals surface area contributed by atoms with E-state index in [1.807, 2.05) is 18.2 Å². The first-order valence-electron chi connectivity index (χ1n) is 11.7. The molecule has 0 aliphatic carbocycles. The van der Waals surface area contributed by atoms with Gasteiger partial charge in [-0.1, -0.05) is 42.5 Å². The summed E-state index contributed by atoms with van der Waals surface area (Å²) in [6.45, 7) is 2.52. The van der Waals surface area contributed by atoms with Crippen LogP contribution in [0.1, 0.15) is 34.8 Å². The summed E-state index contributed by atoms with van der Waals surface area (Å²) in [5, 5.41) is 3.04. The van der Waals surface area contributed by atoms with Crippen molar-refractivity contribution in [3.8, 4) is 5.75 Å². The molecule has 1 fully saturated rings. The number of hydrogen-bond acceptors (Lipinski definition) is 5. The zero-order chi connectivity index (χ0) is 24.8. The lowest BCUT2D eigenvalue weighted by Gasteiger charge is -2.28. The Morgan fingerprint density at radius 1 is 0.971 bits per heavy atom. The number of anilines is 1. The Bertz CT molecular complexity index is 1240. The number of benzene rings is 3. The zero-order valence-corrected chi connectivity index (χ0v) is 20.9. The number of para-hydroxylation sites is 2. The Hall–Kier alpha value is -3.36. The van der Waals surface area contributed by atoms with Gasteiger partial charge in [-0.15, -0.1) is 0 Å². The molecule has 3 aromatic rings. The normalized spacial score (nSPS) is 14.9. The van der Waals surface area contributed by atoms with Gasteiger partial charge < -0.3 is 10.1 Å². The molecule has 0 unspecified atom stereocenters. The molecule has 0 aromatic heterocycles. The molecule has 7 nitrogen and oxygen atoms in total. The summed E-state index contributed by atoms with van der Waals surface area (Å²) in [4.78, 5) is 15.4. The fraction of sp³-hybridized carbons (Fsp3) is 0.296. The highest BCUT2D eigenvalue weighted by atomic mass is 32.2. The third kappa shape index (κ3) is 5.49. The third-order valence-corrected chi connectivity index (χ3v) is 8.21. The number of methoxy groups -OCH3 is 1. The van der Waals surface area contributed by atoms with Crippen LogP contribution in [-0.2, 0) is 10.0 Å². The van der Waals surface area contributed by atoms with E-state index in [0.29, 0.717) is 23.5 Å². The minimum atomic E-state index is -3.82. The van der Waals surface area contributed by atoms with Crippen molar-refractivity contribution in [3.63, 3.8) is 0 Å². The van der Waals surface area contributed by atoms with Crippen LogP contribution in [0.3, 0.4) is 0 Å². The molecule has 1 heterocycles. The molecule has 1 amide bonds. The maximum Gasteiger partial charge on any atom is 0.264 e. The van der Waals surface area contributed by atoms with E-state index in [1.54, 1.807) is 36.4 Å². The van der Waals surface area contributed by atoms with Crippen LogP contribution in [0.4, 0.5) is 5.69 Å². The third-order valence-electron chi connectivity index (χ3n) is 6.42. The summed E-state index contributed by atoms with van der Waals surface area (Å²) in [5.41, 5.74) is 2.03. The second kappa shape index (κ2) is 10.9. The topological polar surface area (TPSA) is 78.9 Å². The second-order valence-electron chi connectivity index (χ2n) is 8.55. The van der Waals surface area contributed by atoms with Gasteiger partial charge in [0.1, 0.15) is 5.75 Å². The van der Waals surface area contributed by atoms with E-state index in [-0.39, 0.29) is 16.8 Å². The molecule has 1 aliphatic heterocycles. The van der Waals surface area contributed by atoms with Crippen molar-refractivity contribution in [3.05, 3.63) is 90.0 Å². The van der Waals surface area contributed by atoms with Gasteiger partial charge in [-0.05, 0) is 67.9 Å². The van der Waals surface area contributed by atoms with E-state index in [2.05, 4.69) is 22.3 Å². The molecule has 3 aromatic carbocycles. The Morgan fingerprint density at radius 3 is 2.26 bits per heavy atom. The zero-order valence-electron chi connectivity index (χ0n) is 20.1. The van der Waals surface area contributed by atoms with Gasteiger partial charge in [-0.2, -0.15) is 0 Å². The number of carbonyl (C=O) groups excluding carboxylic acids is 1. The number of amides is 1. The van der Waals surface area contributed by atoms with E-state index in [0.717, 1.165) is 25.9 Å².